The van der Waals surface area contributed by atoms with Gasteiger partial charge < -0.3 is 13.3 Å². The van der Waals surface area contributed by atoms with Crippen molar-refractivity contribution < 1.29 is 13.3 Å². The molecule has 4 heteroatoms. The van der Waals surface area contributed by atoms with Gasteiger partial charge >= 0.3 is 8.80 Å². The molecule has 3 nitrogen and oxygen atoms in total. The van der Waals surface area contributed by atoms with Crippen LogP contribution < -0.4 is 5.19 Å². The Labute approximate surface area is 111 Å². The quantitative estimate of drug-likeness (QED) is 0.645. The normalized spacial score (nSPS) is 11.7. The summed E-state index contributed by atoms with van der Waals surface area (Å²) < 4.78 is 17.9. The summed E-state index contributed by atoms with van der Waals surface area (Å²) in [6.07, 6.45) is 1.92. The zero-order valence-corrected chi connectivity index (χ0v) is 12.6. The molecule has 0 aliphatic heterocycles. The van der Waals surface area contributed by atoms with Crippen molar-refractivity contribution in [2.24, 2.45) is 0 Å². The van der Waals surface area contributed by atoms with E-state index in [0.29, 0.717) is 19.8 Å². The molecule has 0 unspecified atom stereocenters. The van der Waals surface area contributed by atoms with Gasteiger partial charge in [0.2, 0.25) is 0 Å². The Morgan fingerprint density at radius 3 is 1.83 bits per heavy atom. The van der Waals surface area contributed by atoms with Crippen LogP contribution in [0.1, 0.15) is 33.6 Å². The molecule has 0 aliphatic rings. The van der Waals surface area contributed by atoms with E-state index >= 15 is 0 Å². The molecule has 0 bridgehead atoms. The number of hydrogen-bond donors (Lipinski definition) is 0. The largest absolute Gasteiger partial charge is 0.537 e. The van der Waals surface area contributed by atoms with Gasteiger partial charge in [-0.1, -0.05) is 44.2 Å². The first-order valence-electron chi connectivity index (χ1n) is 6.76. The van der Waals surface area contributed by atoms with Crippen molar-refractivity contribution >= 4 is 14.0 Å². The molecule has 1 rings (SSSR count). The molecule has 102 valence electrons. The average molecular weight is 268 g/mol. The van der Waals surface area contributed by atoms with Crippen molar-refractivity contribution in [2.75, 3.05) is 19.8 Å². The van der Waals surface area contributed by atoms with Gasteiger partial charge in [0.1, 0.15) is 0 Å². The van der Waals surface area contributed by atoms with Crippen molar-refractivity contribution in [3.8, 4) is 0 Å². The molecule has 0 amide bonds. The molecule has 0 heterocycles. The van der Waals surface area contributed by atoms with Crippen molar-refractivity contribution in [2.45, 2.75) is 33.6 Å². The van der Waals surface area contributed by atoms with Gasteiger partial charge in [0.05, 0.1) is 0 Å². The summed E-state index contributed by atoms with van der Waals surface area (Å²) in [5.41, 5.74) is 0. The van der Waals surface area contributed by atoms with E-state index < -0.39 is 8.80 Å². The lowest BCUT2D eigenvalue weighted by Gasteiger charge is -2.29. The molecule has 0 aliphatic carbocycles. The summed E-state index contributed by atoms with van der Waals surface area (Å²) in [4.78, 5) is 0. The summed E-state index contributed by atoms with van der Waals surface area (Å²) in [5, 5.41) is 1.05. The lowest BCUT2D eigenvalue weighted by Crippen LogP contribution is -2.57. The van der Waals surface area contributed by atoms with E-state index in [1.54, 1.807) is 0 Å². The molecule has 1 aromatic rings. The van der Waals surface area contributed by atoms with Crippen LogP contribution in [0, 0.1) is 0 Å². The van der Waals surface area contributed by atoms with Gasteiger partial charge in [-0.05, 0) is 19.8 Å². The van der Waals surface area contributed by atoms with Gasteiger partial charge in [0.15, 0.2) is 0 Å². The van der Waals surface area contributed by atoms with Crippen LogP contribution in [0.25, 0.3) is 0 Å². The summed E-state index contributed by atoms with van der Waals surface area (Å²) in [7, 11) is -2.71. The van der Waals surface area contributed by atoms with E-state index in [2.05, 4.69) is 13.8 Å². The van der Waals surface area contributed by atoms with Gasteiger partial charge in [-0.2, -0.15) is 0 Å². The molecule has 0 saturated heterocycles. The Morgan fingerprint density at radius 1 is 0.833 bits per heavy atom. The smallest absolute Gasteiger partial charge is 0.370 e. The van der Waals surface area contributed by atoms with Crippen LogP contribution in [0.3, 0.4) is 0 Å². The van der Waals surface area contributed by atoms with E-state index in [1.807, 2.05) is 37.3 Å². The van der Waals surface area contributed by atoms with Crippen LogP contribution in [-0.4, -0.2) is 28.6 Å². The highest BCUT2D eigenvalue weighted by Crippen LogP contribution is 2.12. The first-order valence-corrected chi connectivity index (χ1v) is 8.49. The topological polar surface area (TPSA) is 27.7 Å². The third kappa shape index (κ3) is 4.21. The van der Waals surface area contributed by atoms with Gasteiger partial charge in [-0.15, -0.1) is 0 Å². The molecule has 0 N–H and O–H groups in total. The summed E-state index contributed by atoms with van der Waals surface area (Å²) in [5.74, 6) is 0. The predicted molar refractivity (Wildman–Crippen MR) is 75.9 cm³/mol. The molecular formula is C14H24O3Si. The Kier molecular flexibility index (Phi) is 7.20. The van der Waals surface area contributed by atoms with E-state index in [1.165, 1.54) is 0 Å². The molecule has 0 radical (unpaired) electrons. The zero-order chi connectivity index (χ0) is 13.3. The second kappa shape index (κ2) is 8.42. The molecule has 0 atom stereocenters. The Hall–Kier alpha value is -0.683. The van der Waals surface area contributed by atoms with E-state index in [0.717, 1.165) is 18.0 Å². The minimum atomic E-state index is -2.71. The SMILES string of the molecule is CCCO[Si](OCC)(OCCC)c1ccccc1. The monoisotopic (exact) mass is 268 g/mol. The molecule has 0 spiro atoms. The van der Waals surface area contributed by atoms with Crippen LogP contribution in [0.4, 0.5) is 0 Å². The Morgan fingerprint density at radius 2 is 1.39 bits per heavy atom. The maximum absolute atomic E-state index is 6.00. The predicted octanol–water partition coefficient (Wildman–Crippen LogP) is 2.72. The Balaban J connectivity index is 2.94. The fourth-order valence-corrected chi connectivity index (χ4v) is 4.36. The fourth-order valence-electron chi connectivity index (χ4n) is 1.68. The average Bonchev–Trinajstić information content (AvgIpc) is 2.43. The fraction of sp³-hybridized carbons (Fsp3) is 0.571. The minimum absolute atomic E-state index is 0.606. The number of benzene rings is 1. The van der Waals surface area contributed by atoms with E-state index in [-0.39, 0.29) is 0 Å². The first kappa shape index (κ1) is 15.4. The number of rotatable bonds is 9. The second-order valence-corrected chi connectivity index (χ2v) is 6.61. The lowest BCUT2D eigenvalue weighted by atomic mass is 10.4. The molecular weight excluding hydrogens is 244 g/mol. The van der Waals surface area contributed by atoms with Crippen LogP contribution >= 0.6 is 0 Å². The van der Waals surface area contributed by atoms with Crippen LogP contribution in [0.5, 0.6) is 0 Å². The van der Waals surface area contributed by atoms with E-state index in [4.69, 9.17) is 13.3 Å². The van der Waals surface area contributed by atoms with Gasteiger partial charge in [-0.25, -0.2) is 0 Å². The molecule has 0 aromatic heterocycles. The van der Waals surface area contributed by atoms with Gasteiger partial charge in [0, 0.05) is 25.0 Å². The van der Waals surface area contributed by atoms with Crippen molar-refractivity contribution in [3.63, 3.8) is 0 Å². The van der Waals surface area contributed by atoms with E-state index in [9.17, 15) is 0 Å². The standard InChI is InChI=1S/C14H24O3Si/c1-4-12-16-18(15-6-3,17-13-5-2)14-10-8-7-9-11-14/h7-11H,4-6,12-13H2,1-3H3. The summed E-state index contributed by atoms with van der Waals surface area (Å²) >= 11 is 0. The molecule has 0 saturated carbocycles. The Bertz CT molecular complexity index is 308. The van der Waals surface area contributed by atoms with Crippen molar-refractivity contribution in [1.82, 2.24) is 0 Å². The third-order valence-corrected chi connectivity index (χ3v) is 5.33. The third-order valence-electron chi connectivity index (χ3n) is 2.45. The van der Waals surface area contributed by atoms with Crippen LogP contribution in [0.2, 0.25) is 0 Å². The minimum Gasteiger partial charge on any atom is -0.370 e. The highest BCUT2D eigenvalue weighted by atomic mass is 28.4. The number of hydrogen-bond acceptors (Lipinski definition) is 3. The van der Waals surface area contributed by atoms with Crippen molar-refractivity contribution in [1.29, 1.82) is 0 Å². The highest BCUT2D eigenvalue weighted by molar-refractivity contribution is 6.75. The maximum atomic E-state index is 6.00. The maximum Gasteiger partial charge on any atom is 0.537 e. The highest BCUT2D eigenvalue weighted by Gasteiger charge is 2.43. The van der Waals surface area contributed by atoms with Crippen molar-refractivity contribution in [3.05, 3.63) is 30.3 Å². The molecule has 1 aromatic carbocycles. The molecule has 0 fully saturated rings. The molecule has 18 heavy (non-hydrogen) atoms. The summed E-state index contributed by atoms with van der Waals surface area (Å²) in [6, 6.07) is 10.1. The van der Waals surface area contributed by atoms with Crippen LogP contribution in [-0.2, 0) is 13.3 Å². The lowest BCUT2D eigenvalue weighted by molar-refractivity contribution is 0.0772. The summed E-state index contributed by atoms with van der Waals surface area (Å²) in [6.45, 7) is 8.12. The zero-order valence-electron chi connectivity index (χ0n) is 11.6. The first-order chi connectivity index (χ1) is 8.79. The van der Waals surface area contributed by atoms with Gasteiger partial charge in [0.25, 0.3) is 0 Å². The van der Waals surface area contributed by atoms with Gasteiger partial charge in [-0.3, -0.25) is 0 Å². The van der Waals surface area contributed by atoms with Crippen LogP contribution in [0.15, 0.2) is 30.3 Å². The second-order valence-electron chi connectivity index (χ2n) is 4.05.